The summed E-state index contributed by atoms with van der Waals surface area (Å²) in [6.45, 7) is 2.62. The Kier molecular flexibility index (Phi) is 3.80. The van der Waals surface area contributed by atoms with Gasteiger partial charge in [-0.1, -0.05) is 24.6 Å². The van der Waals surface area contributed by atoms with Crippen molar-refractivity contribution in [3.8, 4) is 5.75 Å². The van der Waals surface area contributed by atoms with Gasteiger partial charge in [0.2, 0.25) is 0 Å². The number of likely N-dealkylation sites (tertiary alicyclic amines) is 1. The number of benzene rings is 1. The average Bonchev–Trinajstić information content (AvgIpc) is 2.33. The number of para-hydroxylation sites is 1. The molecule has 1 aliphatic heterocycles. The molecule has 2 rings (SSSR count). The van der Waals surface area contributed by atoms with Crippen LogP contribution in [0.3, 0.4) is 0 Å². The van der Waals surface area contributed by atoms with Gasteiger partial charge in [-0.05, 0) is 25.5 Å². The highest BCUT2D eigenvalue weighted by molar-refractivity contribution is 5.31. The molecule has 0 radical (unpaired) electrons. The highest BCUT2D eigenvalue weighted by atomic mass is 16.3. The number of nitrogens with two attached hydrogens (primary N) is 1. The minimum atomic E-state index is 0.392. The number of rotatable bonds is 3. The summed E-state index contributed by atoms with van der Waals surface area (Å²) >= 11 is 0. The third-order valence-corrected chi connectivity index (χ3v) is 3.39. The Morgan fingerprint density at radius 1 is 1.31 bits per heavy atom. The zero-order chi connectivity index (χ0) is 11.4. The van der Waals surface area contributed by atoms with Crippen LogP contribution < -0.4 is 5.73 Å². The van der Waals surface area contributed by atoms with E-state index in [1.165, 1.54) is 19.3 Å². The number of nitrogens with zero attached hydrogens (tertiary/aromatic N) is 1. The van der Waals surface area contributed by atoms with Gasteiger partial charge in [0.15, 0.2) is 0 Å². The molecule has 1 saturated heterocycles. The first-order chi connectivity index (χ1) is 7.81. The summed E-state index contributed by atoms with van der Waals surface area (Å²) in [6.07, 6.45) is 3.70. The zero-order valence-corrected chi connectivity index (χ0v) is 9.60. The lowest BCUT2D eigenvalue weighted by Gasteiger charge is -2.35. The highest BCUT2D eigenvalue weighted by Crippen LogP contribution is 2.23. The molecule has 1 unspecified atom stereocenters. The predicted octanol–water partition coefficient (Wildman–Crippen LogP) is 1.71. The summed E-state index contributed by atoms with van der Waals surface area (Å²) in [5.41, 5.74) is 6.78. The fourth-order valence-corrected chi connectivity index (χ4v) is 2.40. The first-order valence-corrected chi connectivity index (χ1v) is 6.02. The molecular weight excluding hydrogens is 200 g/mol. The molecule has 0 aliphatic carbocycles. The third kappa shape index (κ3) is 2.54. The van der Waals surface area contributed by atoms with Gasteiger partial charge in [-0.25, -0.2) is 0 Å². The zero-order valence-electron chi connectivity index (χ0n) is 9.60. The quantitative estimate of drug-likeness (QED) is 0.815. The van der Waals surface area contributed by atoms with Crippen molar-refractivity contribution in [2.75, 3.05) is 13.1 Å². The van der Waals surface area contributed by atoms with Gasteiger partial charge < -0.3 is 10.8 Å². The van der Waals surface area contributed by atoms with Crippen LogP contribution in [-0.2, 0) is 6.54 Å². The summed E-state index contributed by atoms with van der Waals surface area (Å²) in [5.74, 6) is 0.392. The third-order valence-electron chi connectivity index (χ3n) is 3.39. The van der Waals surface area contributed by atoms with Crippen LogP contribution in [0.1, 0.15) is 24.8 Å². The van der Waals surface area contributed by atoms with E-state index in [-0.39, 0.29) is 0 Å². The van der Waals surface area contributed by atoms with Gasteiger partial charge in [0.05, 0.1) is 0 Å². The average molecular weight is 220 g/mol. The summed E-state index contributed by atoms with van der Waals surface area (Å²) in [7, 11) is 0. The summed E-state index contributed by atoms with van der Waals surface area (Å²) in [5, 5.41) is 9.74. The Bertz CT molecular complexity index is 340. The SMILES string of the molecule is NCC1CCCCN1Cc1ccccc1O. The molecule has 88 valence electrons. The second-order valence-corrected chi connectivity index (χ2v) is 4.48. The van der Waals surface area contributed by atoms with Crippen molar-refractivity contribution in [2.45, 2.75) is 31.8 Å². The number of piperidine rings is 1. The van der Waals surface area contributed by atoms with Crippen LogP contribution in [0.25, 0.3) is 0 Å². The first-order valence-electron chi connectivity index (χ1n) is 6.02. The molecule has 1 atom stereocenters. The number of phenolic OH excluding ortho intramolecular Hbond substituents is 1. The minimum absolute atomic E-state index is 0.392. The molecule has 0 spiro atoms. The number of aromatic hydroxyl groups is 1. The molecule has 16 heavy (non-hydrogen) atoms. The standard InChI is InChI=1S/C13H20N2O/c14-9-12-6-3-4-8-15(12)10-11-5-1-2-7-13(11)16/h1-2,5,7,12,16H,3-4,6,8-10,14H2. The van der Waals surface area contributed by atoms with Crippen LogP contribution in [0, 0.1) is 0 Å². The van der Waals surface area contributed by atoms with E-state index in [1.807, 2.05) is 18.2 Å². The fraction of sp³-hybridized carbons (Fsp3) is 0.538. The molecular formula is C13H20N2O. The van der Waals surface area contributed by atoms with Gasteiger partial charge >= 0.3 is 0 Å². The van der Waals surface area contributed by atoms with Crippen LogP contribution in [0.5, 0.6) is 5.75 Å². The van der Waals surface area contributed by atoms with Crippen LogP contribution in [0.15, 0.2) is 24.3 Å². The van der Waals surface area contributed by atoms with E-state index in [4.69, 9.17) is 5.73 Å². The molecule has 0 aromatic heterocycles. The normalized spacial score (nSPS) is 22.2. The van der Waals surface area contributed by atoms with Crippen molar-refractivity contribution in [3.63, 3.8) is 0 Å². The highest BCUT2D eigenvalue weighted by Gasteiger charge is 2.21. The molecule has 1 aromatic carbocycles. The maximum absolute atomic E-state index is 9.74. The van der Waals surface area contributed by atoms with Crippen molar-refractivity contribution in [3.05, 3.63) is 29.8 Å². The number of phenols is 1. The Labute approximate surface area is 96.9 Å². The Morgan fingerprint density at radius 3 is 2.88 bits per heavy atom. The van der Waals surface area contributed by atoms with Gasteiger partial charge in [-0.3, -0.25) is 4.90 Å². The molecule has 0 bridgehead atoms. The van der Waals surface area contributed by atoms with E-state index >= 15 is 0 Å². The van der Waals surface area contributed by atoms with Crippen LogP contribution >= 0.6 is 0 Å². The number of hydrogen-bond donors (Lipinski definition) is 2. The lowest BCUT2D eigenvalue weighted by molar-refractivity contribution is 0.143. The van der Waals surface area contributed by atoms with E-state index in [0.29, 0.717) is 18.3 Å². The van der Waals surface area contributed by atoms with E-state index in [2.05, 4.69) is 4.90 Å². The topological polar surface area (TPSA) is 49.5 Å². The maximum Gasteiger partial charge on any atom is 0.120 e. The summed E-state index contributed by atoms with van der Waals surface area (Å²) < 4.78 is 0. The smallest absolute Gasteiger partial charge is 0.120 e. The monoisotopic (exact) mass is 220 g/mol. The number of hydrogen-bond acceptors (Lipinski definition) is 3. The molecule has 3 N–H and O–H groups in total. The molecule has 1 aromatic rings. The minimum Gasteiger partial charge on any atom is -0.508 e. The van der Waals surface area contributed by atoms with Crippen LogP contribution in [0.4, 0.5) is 0 Å². The molecule has 3 heteroatoms. The molecule has 3 nitrogen and oxygen atoms in total. The van der Waals surface area contributed by atoms with E-state index in [1.54, 1.807) is 6.07 Å². The molecule has 1 heterocycles. The Balaban J connectivity index is 2.05. The van der Waals surface area contributed by atoms with Crippen LogP contribution in [0.2, 0.25) is 0 Å². The predicted molar refractivity (Wildman–Crippen MR) is 65.2 cm³/mol. The van der Waals surface area contributed by atoms with Gasteiger partial charge in [0.1, 0.15) is 5.75 Å². The fourth-order valence-electron chi connectivity index (χ4n) is 2.40. The van der Waals surface area contributed by atoms with Crippen molar-refractivity contribution in [2.24, 2.45) is 5.73 Å². The van der Waals surface area contributed by atoms with Gasteiger partial charge in [-0.15, -0.1) is 0 Å². The van der Waals surface area contributed by atoms with Crippen molar-refractivity contribution < 1.29 is 5.11 Å². The molecule has 1 aliphatic rings. The van der Waals surface area contributed by atoms with Gasteiger partial charge in [-0.2, -0.15) is 0 Å². The lowest BCUT2D eigenvalue weighted by Crippen LogP contribution is -2.43. The van der Waals surface area contributed by atoms with Crippen molar-refractivity contribution in [1.82, 2.24) is 4.90 Å². The van der Waals surface area contributed by atoms with E-state index in [0.717, 1.165) is 18.7 Å². The molecule has 1 fully saturated rings. The summed E-state index contributed by atoms with van der Waals surface area (Å²) in [4.78, 5) is 2.39. The largest absolute Gasteiger partial charge is 0.508 e. The lowest BCUT2D eigenvalue weighted by atomic mass is 10.0. The van der Waals surface area contributed by atoms with Crippen molar-refractivity contribution >= 4 is 0 Å². The maximum atomic E-state index is 9.74. The Morgan fingerprint density at radius 2 is 2.12 bits per heavy atom. The van der Waals surface area contributed by atoms with E-state index in [9.17, 15) is 5.11 Å². The Hall–Kier alpha value is -1.06. The van der Waals surface area contributed by atoms with Crippen LogP contribution in [-0.4, -0.2) is 29.1 Å². The van der Waals surface area contributed by atoms with Gasteiger partial charge in [0, 0.05) is 24.7 Å². The molecule has 0 saturated carbocycles. The second kappa shape index (κ2) is 5.32. The first kappa shape index (κ1) is 11.4. The van der Waals surface area contributed by atoms with E-state index < -0.39 is 0 Å². The second-order valence-electron chi connectivity index (χ2n) is 4.48. The van der Waals surface area contributed by atoms with Gasteiger partial charge in [0.25, 0.3) is 0 Å². The van der Waals surface area contributed by atoms with Crippen molar-refractivity contribution in [1.29, 1.82) is 0 Å². The molecule has 0 amide bonds. The summed E-state index contributed by atoms with van der Waals surface area (Å²) in [6, 6.07) is 8.04.